The molecule has 8 heteroatoms. The van der Waals surface area contributed by atoms with Crippen LogP contribution in [0.3, 0.4) is 0 Å². The molecule has 0 aliphatic heterocycles. The van der Waals surface area contributed by atoms with Crippen molar-refractivity contribution in [3.63, 3.8) is 0 Å². The fraction of sp³-hybridized carbons (Fsp3) is 0.0909. The Morgan fingerprint density at radius 2 is 1.37 bits per heavy atom. The van der Waals surface area contributed by atoms with Crippen LogP contribution in [0.25, 0.3) is 0 Å². The predicted molar refractivity (Wildman–Crippen MR) is 123 cm³/mol. The van der Waals surface area contributed by atoms with Gasteiger partial charge in [-0.1, -0.05) is 40.2 Å². The van der Waals surface area contributed by atoms with Crippen molar-refractivity contribution in [1.82, 2.24) is 0 Å². The van der Waals surface area contributed by atoms with Crippen LogP contribution in [0.5, 0.6) is 11.5 Å². The van der Waals surface area contributed by atoms with E-state index in [0.717, 1.165) is 8.95 Å². The van der Waals surface area contributed by atoms with E-state index in [1.807, 2.05) is 30.3 Å². The van der Waals surface area contributed by atoms with Crippen molar-refractivity contribution in [3.05, 3.63) is 81.7 Å². The first kappa shape index (κ1) is 21.9. The molecule has 2 N–H and O–H groups in total. The van der Waals surface area contributed by atoms with Crippen molar-refractivity contribution >= 4 is 55.0 Å². The van der Waals surface area contributed by atoms with E-state index in [9.17, 15) is 9.59 Å². The van der Waals surface area contributed by atoms with Gasteiger partial charge < -0.3 is 20.1 Å². The third kappa shape index (κ3) is 6.89. The molecular formula is C22H18Br2N2O4. The number of anilines is 2. The summed E-state index contributed by atoms with van der Waals surface area (Å²) in [7, 11) is 0. The Morgan fingerprint density at radius 1 is 0.733 bits per heavy atom. The van der Waals surface area contributed by atoms with Gasteiger partial charge in [-0.25, -0.2) is 0 Å². The van der Waals surface area contributed by atoms with E-state index in [2.05, 4.69) is 42.5 Å². The Balaban J connectivity index is 1.49. The quantitative estimate of drug-likeness (QED) is 0.415. The third-order valence-corrected chi connectivity index (χ3v) is 4.91. The molecular weight excluding hydrogens is 516 g/mol. The first-order valence-corrected chi connectivity index (χ1v) is 10.5. The van der Waals surface area contributed by atoms with Crippen LogP contribution in [0.15, 0.2) is 81.7 Å². The third-order valence-electron chi connectivity index (χ3n) is 3.80. The Morgan fingerprint density at radius 3 is 2.00 bits per heavy atom. The number of ether oxygens (including phenoxy) is 2. The lowest BCUT2D eigenvalue weighted by Gasteiger charge is -2.11. The Kier molecular flexibility index (Phi) is 7.87. The first-order chi connectivity index (χ1) is 14.5. The highest BCUT2D eigenvalue weighted by molar-refractivity contribution is 9.11. The summed E-state index contributed by atoms with van der Waals surface area (Å²) in [6.07, 6.45) is 0. The summed E-state index contributed by atoms with van der Waals surface area (Å²) in [5, 5.41) is 5.48. The topological polar surface area (TPSA) is 76.7 Å². The number of benzene rings is 3. The number of carbonyl (C=O) groups excluding carboxylic acids is 2. The van der Waals surface area contributed by atoms with Crippen LogP contribution < -0.4 is 20.1 Å². The van der Waals surface area contributed by atoms with Crippen molar-refractivity contribution in [1.29, 1.82) is 0 Å². The van der Waals surface area contributed by atoms with Gasteiger partial charge in [-0.2, -0.15) is 0 Å². The van der Waals surface area contributed by atoms with Crippen molar-refractivity contribution in [3.8, 4) is 11.5 Å². The zero-order valence-corrected chi connectivity index (χ0v) is 18.9. The fourth-order valence-corrected chi connectivity index (χ4v) is 3.63. The van der Waals surface area contributed by atoms with E-state index < -0.39 is 0 Å². The van der Waals surface area contributed by atoms with Gasteiger partial charge >= 0.3 is 0 Å². The number of nitrogens with one attached hydrogen (secondary N) is 2. The summed E-state index contributed by atoms with van der Waals surface area (Å²) in [6.45, 7) is -0.266. The number of hydrogen-bond donors (Lipinski definition) is 2. The molecule has 0 fully saturated rings. The van der Waals surface area contributed by atoms with Gasteiger partial charge in [0.1, 0.15) is 11.5 Å². The standard InChI is InChI=1S/C22H18Br2N2O4/c23-15-9-10-20(19(24)11-15)30-14-22(28)26-17-6-4-5-16(12-17)25-21(27)13-29-18-7-2-1-3-8-18/h1-12H,13-14H2,(H,25,27)(H,26,28). The molecule has 6 nitrogen and oxygen atoms in total. The van der Waals surface area contributed by atoms with Crippen LogP contribution in [0, 0.1) is 0 Å². The number of rotatable bonds is 8. The SMILES string of the molecule is O=C(COc1ccccc1)Nc1cccc(NC(=O)COc2ccc(Br)cc2Br)c1. The van der Waals surface area contributed by atoms with Gasteiger partial charge in [-0.3, -0.25) is 9.59 Å². The molecule has 0 radical (unpaired) electrons. The van der Waals surface area contributed by atoms with Gasteiger partial charge in [-0.15, -0.1) is 0 Å². The van der Waals surface area contributed by atoms with Crippen LogP contribution in [0.1, 0.15) is 0 Å². The molecule has 3 aromatic rings. The molecule has 154 valence electrons. The Hall–Kier alpha value is -2.84. The number of carbonyl (C=O) groups is 2. The summed E-state index contributed by atoms with van der Waals surface area (Å²) < 4.78 is 12.6. The highest BCUT2D eigenvalue weighted by Crippen LogP contribution is 2.28. The molecule has 0 aliphatic rings. The number of hydrogen-bond acceptors (Lipinski definition) is 4. The molecule has 0 unspecified atom stereocenters. The van der Waals surface area contributed by atoms with Gasteiger partial charge in [0.25, 0.3) is 11.8 Å². The maximum Gasteiger partial charge on any atom is 0.262 e. The monoisotopic (exact) mass is 532 g/mol. The maximum atomic E-state index is 12.2. The van der Waals surface area contributed by atoms with Crippen molar-refractivity contribution < 1.29 is 19.1 Å². The van der Waals surface area contributed by atoms with E-state index in [1.54, 1.807) is 42.5 Å². The van der Waals surface area contributed by atoms with Gasteiger partial charge in [0.15, 0.2) is 13.2 Å². The molecule has 0 aliphatic carbocycles. The summed E-state index contributed by atoms with van der Waals surface area (Å²) in [5.41, 5.74) is 1.09. The zero-order chi connectivity index (χ0) is 21.3. The van der Waals surface area contributed by atoms with Gasteiger partial charge in [0, 0.05) is 15.8 Å². The van der Waals surface area contributed by atoms with Crippen LogP contribution in [-0.2, 0) is 9.59 Å². The normalized spacial score (nSPS) is 10.2. The van der Waals surface area contributed by atoms with Gasteiger partial charge in [-0.05, 0) is 64.5 Å². The lowest BCUT2D eigenvalue weighted by molar-refractivity contribution is -0.118. The van der Waals surface area contributed by atoms with E-state index in [0.29, 0.717) is 22.9 Å². The molecule has 0 aromatic heterocycles. The molecule has 0 atom stereocenters. The molecule has 0 saturated carbocycles. The minimum Gasteiger partial charge on any atom is -0.484 e. The molecule has 3 aromatic carbocycles. The second-order valence-electron chi connectivity index (χ2n) is 6.14. The smallest absolute Gasteiger partial charge is 0.262 e. The van der Waals surface area contributed by atoms with Gasteiger partial charge in [0.2, 0.25) is 0 Å². The average Bonchev–Trinajstić information content (AvgIpc) is 2.73. The first-order valence-electron chi connectivity index (χ1n) is 8.95. The van der Waals surface area contributed by atoms with Gasteiger partial charge in [0.05, 0.1) is 4.47 Å². The minimum absolute atomic E-state index is 0.115. The molecule has 2 amide bonds. The number of halogens is 2. The maximum absolute atomic E-state index is 12.2. The molecule has 3 rings (SSSR count). The fourth-order valence-electron chi connectivity index (χ4n) is 2.47. The van der Waals surface area contributed by atoms with E-state index in [1.165, 1.54) is 0 Å². The molecule has 0 heterocycles. The molecule has 0 bridgehead atoms. The number of amides is 2. The Labute approximate surface area is 190 Å². The zero-order valence-electron chi connectivity index (χ0n) is 15.7. The summed E-state index contributed by atoms with van der Waals surface area (Å²) >= 11 is 6.75. The van der Waals surface area contributed by atoms with Crippen LogP contribution in [0.2, 0.25) is 0 Å². The number of para-hydroxylation sites is 1. The highest BCUT2D eigenvalue weighted by atomic mass is 79.9. The van der Waals surface area contributed by atoms with Crippen molar-refractivity contribution in [2.24, 2.45) is 0 Å². The highest BCUT2D eigenvalue weighted by Gasteiger charge is 2.08. The minimum atomic E-state index is -0.319. The van der Waals surface area contributed by atoms with Crippen LogP contribution in [-0.4, -0.2) is 25.0 Å². The summed E-state index contributed by atoms with van der Waals surface area (Å²) in [6, 6.07) is 21.4. The lowest BCUT2D eigenvalue weighted by Crippen LogP contribution is -2.21. The van der Waals surface area contributed by atoms with Crippen molar-refractivity contribution in [2.75, 3.05) is 23.8 Å². The molecule has 0 spiro atoms. The Bertz CT molecular complexity index is 1030. The summed E-state index contributed by atoms with van der Waals surface area (Å²) in [4.78, 5) is 24.3. The molecule has 0 saturated heterocycles. The predicted octanol–water partition coefficient (Wildman–Crippen LogP) is 5.25. The molecule has 30 heavy (non-hydrogen) atoms. The summed E-state index contributed by atoms with van der Waals surface area (Å²) in [5.74, 6) is 0.560. The lowest BCUT2D eigenvalue weighted by atomic mass is 10.2. The van der Waals surface area contributed by atoms with Crippen LogP contribution >= 0.6 is 31.9 Å². The van der Waals surface area contributed by atoms with Crippen molar-refractivity contribution in [2.45, 2.75) is 0 Å². The van der Waals surface area contributed by atoms with Crippen LogP contribution in [0.4, 0.5) is 11.4 Å². The largest absolute Gasteiger partial charge is 0.484 e. The second kappa shape index (κ2) is 10.8. The van der Waals surface area contributed by atoms with E-state index >= 15 is 0 Å². The second-order valence-corrected chi connectivity index (χ2v) is 7.91. The van der Waals surface area contributed by atoms with E-state index in [4.69, 9.17) is 9.47 Å². The average molecular weight is 534 g/mol. The van der Waals surface area contributed by atoms with E-state index in [-0.39, 0.29) is 25.0 Å².